The Balaban J connectivity index is 2.01. The zero-order chi connectivity index (χ0) is 13.2. The molecular formula is C10H6Cl6O2. The van der Waals surface area contributed by atoms with E-state index in [4.69, 9.17) is 74.3 Å². The number of aliphatic hydroxyl groups is 1. The molecular weight excluding hydrogens is 365 g/mol. The Morgan fingerprint density at radius 3 is 1.94 bits per heavy atom. The van der Waals surface area contributed by atoms with Crippen molar-refractivity contribution in [2.24, 2.45) is 11.8 Å². The van der Waals surface area contributed by atoms with Crippen LogP contribution in [0.5, 0.6) is 0 Å². The molecule has 0 aromatic rings. The minimum Gasteiger partial charge on any atom is -0.390 e. The van der Waals surface area contributed by atoms with Crippen molar-refractivity contribution in [3.05, 3.63) is 10.1 Å². The van der Waals surface area contributed by atoms with Gasteiger partial charge in [-0.2, -0.15) is 0 Å². The number of aliphatic hydroxyl groups excluding tert-OH is 1. The van der Waals surface area contributed by atoms with Crippen molar-refractivity contribution < 1.29 is 9.84 Å². The summed E-state index contributed by atoms with van der Waals surface area (Å²) in [5, 5.41) is 10.5. The molecule has 2 bridgehead atoms. The normalized spacial score (nSPS) is 63.2. The minimum absolute atomic E-state index is 0.132. The lowest BCUT2D eigenvalue weighted by atomic mass is 9.83. The van der Waals surface area contributed by atoms with E-state index in [0.717, 1.165) is 0 Å². The van der Waals surface area contributed by atoms with E-state index in [1.165, 1.54) is 0 Å². The third-order valence-electron chi connectivity index (χ3n) is 4.67. The molecule has 0 aromatic carbocycles. The molecule has 4 aliphatic rings. The van der Waals surface area contributed by atoms with E-state index >= 15 is 0 Å². The smallest absolute Gasteiger partial charge is 0.167 e. The summed E-state index contributed by atoms with van der Waals surface area (Å²) in [6.07, 6.45) is -1.26. The van der Waals surface area contributed by atoms with Gasteiger partial charge in [0.15, 0.2) is 4.33 Å². The molecule has 0 unspecified atom stereocenters. The lowest BCUT2D eigenvalue weighted by Gasteiger charge is -2.35. The highest BCUT2D eigenvalue weighted by atomic mass is 35.5. The molecule has 100 valence electrons. The van der Waals surface area contributed by atoms with Crippen LogP contribution in [0, 0.1) is 11.8 Å². The third kappa shape index (κ3) is 0.972. The Kier molecular flexibility index (Phi) is 2.36. The number of ether oxygens (including phenoxy) is 1. The quantitative estimate of drug-likeness (QED) is 0.524. The summed E-state index contributed by atoms with van der Waals surface area (Å²) < 4.78 is 3.81. The summed E-state index contributed by atoms with van der Waals surface area (Å²) in [4.78, 5) is -2.67. The van der Waals surface area contributed by atoms with Gasteiger partial charge in [0, 0.05) is 11.8 Å². The molecule has 4 rings (SSSR count). The summed E-state index contributed by atoms with van der Waals surface area (Å²) in [7, 11) is 0. The fourth-order valence-corrected chi connectivity index (χ4v) is 6.91. The molecule has 1 aliphatic heterocycles. The number of hydrogen-bond donors (Lipinski definition) is 1. The molecule has 3 aliphatic carbocycles. The van der Waals surface area contributed by atoms with Gasteiger partial charge in [-0.3, -0.25) is 0 Å². The molecule has 0 spiro atoms. The number of fused-ring (bicyclic) bond motifs is 7. The maximum Gasteiger partial charge on any atom is 0.167 e. The van der Waals surface area contributed by atoms with Crippen molar-refractivity contribution in [2.75, 3.05) is 0 Å². The first-order chi connectivity index (χ1) is 8.20. The molecule has 1 heterocycles. The average Bonchev–Trinajstić information content (AvgIpc) is 2.98. The van der Waals surface area contributed by atoms with Crippen LogP contribution in [0.2, 0.25) is 0 Å². The maximum absolute atomic E-state index is 10.2. The molecule has 8 heteroatoms. The van der Waals surface area contributed by atoms with Crippen LogP contribution in [0.25, 0.3) is 0 Å². The molecule has 3 fully saturated rings. The van der Waals surface area contributed by atoms with Crippen LogP contribution >= 0.6 is 69.6 Å². The first-order valence-electron chi connectivity index (χ1n) is 5.36. The number of alkyl halides is 4. The van der Waals surface area contributed by atoms with Crippen molar-refractivity contribution in [1.29, 1.82) is 0 Å². The standard InChI is InChI=1S/C10H6Cl6O2/c11-6-7(12)9(14)2-1(3(17)5-4(2)18-5)8(6,13)10(9,15)16/h1-5,17H/t1-,2+,3+,4-,5+,8+,9-/m1/s1. The van der Waals surface area contributed by atoms with Crippen LogP contribution in [0.3, 0.4) is 0 Å². The zero-order valence-corrected chi connectivity index (χ0v) is 13.0. The van der Waals surface area contributed by atoms with E-state index < -0.39 is 26.1 Å². The van der Waals surface area contributed by atoms with Gasteiger partial charge in [0.05, 0.1) is 22.3 Å². The molecule has 2 saturated carbocycles. The molecule has 0 amide bonds. The van der Waals surface area contributed by atoms with Gasteiger partial charge < -0.3 is 9.84 Å². The van der Waals surface area contributed by atoms with Gasteiger partial charge >= 0.3 is 0 Å². The van der Waals surface area contributed by atoms with E-state index in [9.17, 15) is 5.11 Å². The Morgan fingerprint density at radius 1 is 0.889 bits per heavy atom. The number of halogens is 6. The van der Waals surface area contributed by atoms with Gasteiger partial charge in [0.1, 0.15) is 15.9 Å². The minimum atomic E-state index is -1.58. The lowest BCUT2D eigenvalue weighted by molar-refractivity contribution is 0.0415. The lowest BCUT2D eigenvalue weighted by Crippen LogP contribution is -2.47. The van der Waals surface area contributed by atoms with E-state index in [2.05, 4.69) is 0 Å². The van der Waals surface area contributed by atoms with Gasteiger partial charge in [-0.15, -0.1) is 23.2 Å². The van der Waals surface area contributed by atoms with Gasteiger partial charge in [0.2, 0.25) is 0 Å². The number of hydrogen-bond acceptors (Lipinski definition) is 2. The highest BCUT2D eigenvalue weighted by Crippen LogP contribution is 2.80. The Bertz CT molecular complexity index is 479. The van der Waals surface area contributed by atoms with Gasteiger partial charge in [-0.25, -0.2) is 0 Å². The second-order valence-electron chi connectivity index (χ2n) is 5.23. The topological polar surface area (TPSA) is 32.8 Å². The highest BCUT2D eigenvalue weighted by Gasteiger charge is 2.89. The van der Waals surface area contributed by atoms with Crippen molar-refractivity contribution in [2.45, 2.75) is 32.4 Å². The fraction of sp³-hybridized carbons (Fsp3) is 0.800. The van der Waals surface area contributed by atoms with Crippen LogP contribution in [0.1, 0.15) is 0 Å². The molecule has 1 N–H and O–H groups in total. The first-order valence-corrected chi connectivity index (χ1v) is 7.63. The number of allylic oxidation sites excluding steroid dienone is 2. The van der Waals surface area contributed by atoms with Crippen molar-refractivity contribution in [1.82, 2.24) is 0 Å². The van der Waals surface area contributed by atoms with Crippen molar-refractivity contribution in [3.8, 4) is 0 Å². The Labute approximate surface area is 133 Å². The van der Waals surface area contributed by atoms with E-state index in [1.54, 1.807) is 0 Å². The summed E-state index contributed by atoms with van der Waals surface area (Å²) >= 11 is 38.3. The number of epoxide rings is 1. The molecule has 2 nitrogen and oxygen atoms in total. The first kappa shape index (κ1) is 13.1. The predicted octanol–water partition coefficient (Wildman–Crippen LogP) is 3.21. The van der Waals surface area contributed by atoms with Gasteiger partial charge in [-0.1, -0.05) is 46.4 Å². The molecule has 0 aromatic heterocycles. The van der Waals surface area contributed by atoms with Crippen molar-refractivity contribution in [3.63, 3.8) is 0 Å². The second-order valence-corrected chi connectivity index (χ2v) is 8.51. The largest absolute Gasteiger partial charge is 0.390 e. The summed E-state index contributed by atoms with van der Waals surface area (Å²) in [5.41, 5.74) is 0. The second kappa shape index (κ2) is 3.25. The predicted molar refractivity (Wildman–Crippen MR) is 72.0 cm³/mol. The van der Waals surface area contributed by atoms with Gasteiger partial charge in [-0.05, 0) is 0 Å². The van der Waals surface area contributed by atoms with E-state index in [0.29, 0.717) is 0 Å². The summed E-state index contributed by atoms with van der Waals surface area (Å²) in [6, 6.07) is 0. The van der Waals surface area contributed by atoms with Crippen LogP contribution < -0.4 is 0 Å². The fourth-order valence-electron chi connectivity index (χ4n) is 3.85. The Hall–Kier alpha value is 1.40. The van der Waals surface area contributed by atoms with Crippen LogP contribution in [0.15, 0.2) is 10.1 Å². The molecule has 0 radical (unpaired) electrons. The van der Waals surface area contributed by atoms with E-state index in [-0.39, 0.29) is 28.2 Å². The average molecular weight is 371 g/mol. The molecule has 18 heavy (non-hydrogen) atoms. The van der Waals surface area contributed by atoms with Crippen LogP contribution in [0.4, 0.5) is 0 Å². The monoisotopic (exact) mass is 368 g/mol. The highest BCUT2D eigenvalue weighted by molar-refractivity contribution is 6.65. The maximum atomic E-state index is 10.2. The number of rotatable bonds is 0. The molecule has 1 saturated heterocycles. The van der Waals surface area contributed by atoms with Crippen LogP contribution in [-0.4, -0.2) is 37.5 Å². The van der Waals surface area contributed by atoms with Crippen LogP contribution in [-0.2, 0) is 4.74 Å². The summed E-state index contributed by atoms with van der Waals surface area (Å²) in [6.45, 7) is 0. The summed E-state index contributed by atoms with van der Waals surface area (Å²) in [5.74, 6) is -0.785. The molecule has 7 atom stereocenters. The zero-order valence-electron chi connectivity index (χ0n) is 8.51. The van der Waals surface area contributed by atoms with E-state index in [1.807, 2.05) is 0 Å². The Morgan fingerprint density at radius 2 is 1.39 bits per heavy atom. The SMILES string of the molecule is O[C@@H]1[C@@H]2O[C@@H]2[C@@H]2[C@H]1[C@]1(Cl)C(Cl)=C(Cl)[C@@]2(Cl)C1(Cl)Cl. The van der Waals surface area contributed by atoms with Crippen molar-refractivity contribution >= 4 is 69.6 Å². The third-order valence-corrected chi connectivity index (χ3v) is 8.96. The van der Waals surface area contributed by atoms with Gasteiger partial charge in [0.25, 0.3) is 0 Å².